The van der Waals surface area contributed by atoms with Crippen LogP contribution < -0.4 is 0 Å². The highest BCUT2D eigenvalue weighted by Crippen LogP contribution is 2.32. The summed E-state index contributed by atoms with van der Waals surface area (Å²) in [4.78, 5) is 13.7. The number of aromatic hydroxyl groups is 1. The van der Waals surface area contributed by atoms with Crippen molar-refractivity contribution in [2.24, 2.45) is 0 Å². The number of ketones is 1. The third-order valence-electron chi connectivity index (χ3n) is 3.86. The second-order valence-corrected chi connectivity index (χ2v) is 7.95. The summed E-state index contributed by atoms with van der Waals surface area (Å²) in [5.41, 5.74) is 0.555. The number of hydrogen-bond donors (Lipinski definition) is 1. The summed E-state index contributed by atoms with van der Waals surface area (Å²) in [6.45, 7) is 8.08. The van der Waals surface area contributed by atoms with E-state index in [1.807, 2.05) is 11.8 Å². The number of phenols is 1. The van der Waals surface area contributed by atoms with E-state index >= 15 is 0 Å². The molecule has 1 saturated heterocycles. The maximum Gasteiger partial charge on any atom is 0.163 e. The van der Waals surface area contributed by atoms with Crippen LogP contribution in [0.4, 0.5) is 4.39 Å². The first-order chi connectivity index (χ1) is 9.78. The molecule has 1 aromatic rings. The first-order valence-corrected chi connectivity index (χ1v) is 8.16. The van der Waals surface area contributed by atoms with Crippen molar-refractivity contribution in [3.05, 3.63) is 29.1 Å². The number of Topliss-reactive ketones (excluding diaryl/α,β-unsaturated/α-hetero) is 1. The molecule has 21 heavy (non-hydrogen) atoms. The number of rotatable bonds is 3. The Morgan fingerprint density at radius 3 is 2.81 bits per heavy atom. The Hall–Kier alpha value is -1.07. The minimum absolute atomic E-state index is 0.0644. The second-order valence-electron chi connectivity index (χ2n) is 6.15. The highest BCUT2D eigenvalue weighted by atomic mass is 32.2. The zero-order valence-corrected chi connectivity index (χ0v) is 13.6. The van der Waals surface area contributed by atoms with Crippen LogP contribution in [0.2, 0.25) is 0 Å². The summed E-state index contributed by atoms with van der Waals surface area (Å²) < 4.78 is 13.9. The van der Waals surface area contributed by atoms with Crippen LogP contribution in [0.25, 0.3) is 0 Å². The fourth-order valence-corrected chi connectivity index (χ4v) is 3.64. The van der Waals surface area contributed by atoms with Crippen LogP contribution in [0.3, 0.4) is 0 Å². The number of carbonyl (C=O) groups excluding carboxylic acids is 1. The van der Waals surface area contributed by atoms with Crippen molar-refractivity contribution in [1.82, 2.24) is 4.90 Å². The number of nitrogens with zero attached hydrogens (tertiary/aromatic N) is 1. The minimum atomic E-state index is -0.475. The van der Waals surface area contributed by atoms with Gasteiger partial charge in [0.25, 0.3) is 0 Å². The van der Waals surface area contributed by atoms with Gasteiger partial charge in [-0.1, -0.05) is 13.8 Å². The predicted molar refractivity (Wildman–Crippen MR) is 84.5 cm³/mol. The van der Waals surface area contributed by atoms with E-state index in [0.29, 0.717) is 12.1 Å². The summed E-state index contributed by atoms with van der Waals surface area (Å²) in [7, 11) is 0. The van der Waals surface area contributed by atoms with Gasteiger partial charge in [-0.15, -0.1) is 0 Å². The van der Waals surface area contributed by atoms with Gasteiger partial charge < -0.3 is 5.11 Å². The van der Waals surface area contributed by atoms with Gasteiger partial charge in [0, 0.05) is 29.2 Å². The monoisotopic (exact) mass is 311 g/mol. The van der Waals surface area contributed by atoms with Gasteiger partial charge in [0.05, 0.1) is 5.56 Å². The minimum Gasteiger partial charge on any atom is -0.507 e. The molecule has 0 radical (unpaired) electrons. The molecule has 0 bridgehead atoms. The number of hydrogen-bond acceptors (Lipinski definition) is 4. The van der Waals surface area contributed by atoms with Crippen LogP contribution in [-0.4, -0.2) is 39.4 Å². The summed E-state index contributed by atoms with van der Waals surface area (Å²) in [6, 6.07) is 2.42. The van der Waals surface area contributed by atoms with Crippen molar-refractivity contribution < 1.29 is 14.3 Å². The summed E-state index contributed by atoms with van der Waals surface area (Å²) >= 11 is 1.94. The third kappa shape index (κ3) is 4.20. The molecule has 0 unspecified atom stereocenters. The van der Waals surface area contributed by atoms with Gasteiger partial charge in [0.2, 0.25) is 0 Å². The molecule has 1 aliphatic rings. The average molecular weight is 311 g/mol. The van der Waals surface area contributed by atoms with Gasteiger partial charge in [-0.3, -0.25) is 9.69 Å². The number of thioether (sulfide) groups is 1. The summed E-state index contributed by atoms with van der Waals surface area (Å²) in [5, 5.41) is 10.2. The standard InChI is InChI=1S/C16H22FNO2S/c1-11(19)14-9-13(17)8-12(15(14)20)10-18-5-4-16(2,3)21-7-6-18/h8-9,20H,4-7,10H2,1-3H3. The average Bonchev–Trinajstić information content (AvgIpc) is 2.54. The fraction of sp³-hybridized carbons (Fsp3) is 0.562. The third-order valence-corrected chi connectivity index (χ3v) is 5.23. The van der Waals surface area contributed by atoms with Crippen LogP contribution in [-0.2, 0) is 6.54 Å². The lowest BCUT2D eigenvalue weighted by molar-refractivity contribution is 0.101. The molecule has 0 aromatic heterocycles. The lowest BCUT2D eigenvalue weighted by atomic mass is 10.0. The van der Waals surface area contributed by atoms with Crippen LogP contribution in [0.1, 0.15) is 43.1 Å². The van der Waals surface area contributed by atoms with Gasteiger partial charge in [-0.2, -0.15) is 11.8 Å². The van der Waals surface area contributed by atoms with Gasteiger partial charge in [0.1, 0.15) is 11.6 Å². The van der Waals surface area contributed by atoms with E-state index in [-0.39, 0.29) is 21.8 Å². The van der Waals surface area contributed by atoms with Gasteiger partial charge in [-0.05, 0) is 32.0 Å². The largest absolute Gasteiger partial charge is 0.507 e. The molecule has 1 aliphatic heterocycles. The Kier molecular flexibility index (Phi) is 4.94. The second kappa shape index (κ2) is 6.36. The molecule has 3 nitrogen and oxygen atoms in total. The Morgan fingerprint density at radius 1 is 1.43 bits per heavy atom. The van der Waals surface area contributed by atoms with E-state index in [1.165, 1.54) is 13.0 Å². The first kappa shape index (κ1) is 16.3. The van der Waals surface area contributed by atoms with Crippen molar-refractivity contribution in [2.45, 2.75) is 38.5 Å². The van der Waals surface area contributed by atoms with E-state index in [4.69, 9.17) is 0 Å². The zero-order chi connectivity index (χ0) is 15.6. The molecular formula is C16H22FNO2S. The molecule has 0 atom stereocenters. The molecule has 1 aromatic carbocycles. The molecule has 2 rings (SSSR count). The topological polar surface area (TPSA) is 40.5 Å². The molecular weight excluding hydrogens is 289 g/mol. The van der Waals surface area contributed by atoms with Gasteiger partial charge >= 0.3 is 0 Å². The molecule has 0 aliphatic carbocycles. The van der Waals surface area contributed by atoms with Crippen LogP contribution in [0.15, 0.2) is 12.1 Å². The predicted octanol–water partition coefficient (Wildman–Crippen LogP) is 3.45. The van der Waals surface area contributed by atoms with E-state index < -0.39 is 5.82 Å². The lowest BCUT2D eigenvalue weighted by Crippen LogP contribution is -2.27. The van der Waals surface area contributed by atoms with E-state index in [1.54, 1.807) is 0 Å². The van der Waals surface area contributed by atoms with Crippen molar-refractivity contribution in [3.63, 3.8) is 0 Å². The SMILES string of the molecule is CC(=O)c1cc(F)cc(CN2CCSC(C)(C)CC2)c1O. The Labute approximate surface area is 129 Å². The molecule has 1 heterocycles. The van der Waals surface area contributed by atoms with E-state index in [9.17, 15) is 14.3 Å². The maximum absolute atomic E-state index is 13.6. The molecule has 1 N–H and O–H groups in total. The van der Waals surface area contributed by atoms with E-state index in [2.05, 4.69) is 18.7 Å². The van der Waals surface area contributed by atoms with Crippen LogP contribution in [0.5, 0.6) is 5.75 Å². The van der Waals surface area contributed by atoms with Crippen LogP contribution >= 0.6 is 11.8 Å². The van der Waals surface area contributed by atoms with Crippen molar-refractivity contribution in [3.8, 4) is 5.75 Å². The molecule has 0 amide bonds. The van der Waals surface area contributed by atoms with Crippen molar-refractivity contribution >= 4 is 17.5 Å². The number of phenolic OH excluding ortho intramolecular Hbond substituents is 1. The summed E-state index contributed by atoms with van der Waals surface area (Å²) in [5.74, 6) is 0.140. The Bertz CT molecular complexity index is 545. The van der Waals surface area contributed by atoms with E-state index in [0.717, 1.165) is 31.3 Å². The highest BCUT2D eigenvalue weighted by Gasteiger charge is 2.24. The van der Waals surface area contributed by atoms with Crippen molar-refractivity contribution in [1.29, 1.82) is 0 Å². The normalized spacial score (nSPS) is 19.2. The molecule has 0 spiro atoms. The number of carbonyl (C=O) groups is 1. The van der Waals surface area contributed by atoms with Gasteiger partial charge in [0.15, 0.2) is 5.78 Å². The molecule has 0 saturated carbocycles. The summed E-state index contributed by atoms with van der Waals surface area (Å²) in [6.07, 6.45) is 1.05. The molecule has 5 heteroatoms. The van der Waals surface area contributed by atoms with Crippen LogP contribution in [0, 0.1) is 5.82 Å². The Morgan fingerprint density at radius 2 is 2.14 bits per heavy atom. The van der Waals surface area contributed by atoms with Gasteiger partial charge in [-0.25, -0.2) is 4.39 Å². The number of halogens is 1. The molecule has 1 fully saturated rings. The molecule has 116 valence electrons. The first-order valence-electron chi connectivity index (χ1n) is 7.17. The lowest BCUT2D eigenvalue weighted by Gasteiger charge is -2.23. The quantitative estimate of drug-likeness (QED) is 0.868. The zero-order valence-electron chi connectivity index (χ0n) is 12.8. The van der Waals surface area contributed by atoms with Crippen molar-refractivity contribution in [2.75, 3.05) is 18.8 Å². The Balaban J connectivity index is 2.18. The highest BCUT2D eigenvalue weighted by molar-refractivity contribution is 8.00. The number of benzene rings is 1. The maximum atomic E-state index is 13.6. The fourth-order valence-electron chi connectivity index (χ4n) is 2.51. The smallest absolute Gasteiger partial charge is 0.163 e.